The van der Waals surface area contributed by atoms with E-state index >= 15 is 0 Å². The monoisotopic (exact) mass is 395 g/mol. The maximum Gasteiger partial charge on any atom is 0.208 e. The van der Waals surface area contributed by atoms with E-state index in [9.17, 15) is 0 Å². The number of hydrogen-bond acceptors (Lipinski definition) is 10. The molecule has 1 fully saturated rings. The summed E-state index contributed by atoms with van der Waals surface area (Å²) in [6, 6.07) is 3.80. The van der Waals surface area contributed by atoms with Crippen LogP contribution in [0.5, 0.6) is 0 Å². The zero-order chi connectivity index (χ0) is 18.9. The van der Waals surface area contributed by atoms with Crippen LogP contribution in [0.15, 0.2) is 30.7 Å². The van der Waals surface area contributed by atoms with Gasteiger partial charge in [-0.05, 0) is 12.1 Å². The number of nitrogens with one attached hydrogen (secondary N) is 2. The van der Waals surface area contributed by atoms with Crippen LogP contribution in [0.2, 0.25) is 0 Å². The van der Waals surface area contributed by atoms with Crippen LogP contribution < -0.4 is 16.0 Å². The quantitative estimate of drug-likeness (QED) is 0.475. The lowest BCUT2D eigenvalue weighted by atomic mass is 10.2. The first-order chi connectivity index (χ1) is 13.8. The number of ether oxygens (including phenoxy) is 1. The Kier molecular flexibility index (Phi) is 4.22. The summed E-state index contributed by atoms with van der Waals surface area (Å²) in [6.45, 7) is 3.03. The molecule has 142 valence electrons. The average molecular weight is 395 g/mol. The molecule has 0 saturated carbocycles. The zero-order valence-corrected chi connectivity index (χ0v) is 15.6. The van der Waals surface area contributed by atoms with Gasteiger partial charge >= 0.3 is 0 Å². The van der Waals surface area contributed by atoms with Gasteiger partial charge in [0.05, 0.1) is 53.6 Å². The van der Waals surface area contributed by atoms with Crippen LogP contribution in [0.4, 0.5) is 22.3 Å². The van der Waals surface area contributed by atoms with Gasteiger partial charge in [0.1, 0.15) is 5.82 Å². The standard InChI is InChI=1S/C17H17N9OS/c18-15-12(16-24-25-17(28-16)26-1-3-27-4-2-26)6-13-14(23-15)5-10(7-19-13)22-11-8-20-21-9-11/h5-9,22H,1-4H2,(H2,18,23)(H,20,21). The number of nitrogens with two attached hydrogens (primary N) is 1. The third kappa shape index (κ3) is 3.21. The minimum absolute atomic E-state index is 0.402. The Bertz CT molecular complexity index is 1110. The van der Waals surface area contributed by atoms with E-state index in [2.05, 4.69) is 40.6 Å². The zero-order valence-electron chi connectivity index (χ0n) is 14.8. The number of anilines is 4. The van der Waals surface area contributed by atoms with Gasteiger partial charge < -0.3 is 20.7 Å². The normalized spacial score (nSPS) is 14.5. The molecule has 4 N–H and O–H groups in total. The molecular weight excluding hydrogens is 378 g/mol. The maximum atomic E-state index is 6.22. The Morgan fingerprint density at radius 1 is 1.11 bits per heavy atom. The van der Waals surface area contributed by atoms with Crippen molar-refractivity contribution in [1.29, 1.82) is 0 Å². The SMILES string of the molecule is Nc1nc2cc(Nc3cn[nH]c3)cnc2cc1-c1nnc(N2CCOCC2)s1. The second-order valence-corrected chi connectivity index (χ2v) is 7.24. The van der Waals surface area contributed by atoms with Gasteiger partial charge in [-0.3, -0.25) is 10.1 Å². The van der Waals surface area contributed by atoms with Crippen molar-refractivity contribution in [3.63, 3.8) is 0 Å². The maximum absolute atomic E-state index is 6.22. The molecule has 28 heavy (non-hydrogen) atoms. The summed E-state index contributed by atoms with van der Waals surface area (Å²) in [6.07, 6.45) is 5.20. The first-order valence-electron chi connectivity index (χ1n) is 8.75. The summed E-state index contributed by atoms with van der Waals surface area (Å²) in [5, 5.41) is 20.1. The summed E-state index contributed by atoms with van der Waals surface area (Å²) in [5.74, 6) is 0.402. The van der Waals surface area contributed by atoms with Crippen molar-refractivity contribution < 1.29 is 4.74 Å². The smallest absolute Gasteiger partial charge is 0.208 e. The van der Waals surface area contributed by atoms with Crippen molar-refractivity contribution in [2.45, 2.75) is 0 Å². The van der Waals surface area contributed by atoms with E-state index in [1.165, 1.54) is 11.3 Å². The molecular formula is C17H17N9OS. The molecule has 5 rings (SSSR count). The molecule has 11 heteroatoms. The molecule has 0 aliphatic carbocycles. The predicted octanol–water partition coefficient (Wildman–Crippen LogP) is 2.03. The van der Waals surface area contributed by atoms with E-state index in [-0.39, 0.29) is 0 Å². The molecule has 0 atom stereocenters. The highest BCUT2D eigenvalue weighted by molar-refractivity contribution is 7.18. The number of rotatable bonds is 4. The number of aromatic nitrogens is 6. The second kappa shape index (κ2) is 7.02. The molecule has 0 radical (unpaired) electrons. The summed E-state index contributed by atoms with van der Waals surface area (Å²) in [7, 11) is 0. The van der Waals surface area contributed by atoms with Gasteiger partial charge in [-0.2, -0.15) is 5.10 Å². The minimum Gasteiger partial charge on any atom is -0.383 e. The molecule has 0 aromatic carbocycles. The van der Waals surface area contributed by atoms with Gasteiger partial charge in [0.25, 0.3) is 0 Å². The van der Waals surface area contributed by atoms with Crippen LogP contribution in [0.1, 0.15) is 0 Å². The Balaban J connectivity index is 1.45. The molecule has 1 aliphatic rings. The summed E-state index contributed by atoms with van der Waals surface area (Å²) < 4.78 is 5.39. The van der Waals surface area contributed by atoms with Crippen molar-refractivity contribution in [2.75, 3.05) is 42.3 Å². The first-order valence-corrected chi connectivity index (χ1v) is 9.56. The fraction of sp³-hybridized carbons (Fsp3) is 0.235. The Labute approximate surface area is 163 Å². The number of morpholine rings is 1. The van der Waals surface area contributed by atoms with Crippen molar-refractivity contribution in [2.24, 2.45) is 0 Å². The third-order valence-electron chi connectivity index (χ3n) is 4.41. The van der Waals surface area contributed by atoms with Crippen LogP contribution in [-0.2, 0) is 4.74 Å². The highest BCUT2D eigenvalue weighted by atomic mass is 32.1. The second-order valence-electron chi connectivity index (χ2n) is 6.28. The molecule has 4 aromatic rings. The van der Waals surface area contributed by atoms with Gasteiger partial charge in [-0.1, -0.05) is 11.3 Å². The number of fused-ring (bicyclic) bond motifs is 1. The summed E-state index contributed by atoms with van der Waals surface area (Å²) >= 11 is 1.50. The number of hydrogen-bond donors (Lipinski definition) is 3. The lowest BCUT2D eigenvalue weighted by molar-refractivity contribution is 0.122. The minimum atomic E-state index is 0.402. The Morgan fingerprint density at radius 3 is 2.82 bits per heavy atom. The first kappa shape index (κ1) is 16.8. The van der Waals surface area contributed by atoms with Crippen molar-refractivity contribution in [3.05, 3.63) is 30.7 Å². The van der Waals surface area contributed by atoms with Crippen LogP contribution in [-0.4, -0.2) is 56.7 Å². The fourth-order valence-electron chi connectivity index (χ4n) is 3.00. The van der Waals surface area contributed by atoms with E-state index in [4.69, 9.17) is 10.5 Å². The lowest BCUT2D eigenvalue weighted by Crippen LogP contribution is -2.36. The van der Waals surface area contributed by atoms with E-state index in [0.717, 1.165) is 45.7 Å². The van der Waals surface area contributed by atoms with Gasteiger partial charge in [0, 0.05) is 19.3 Å². The van der Waals surface area contributed by atoms with E-state index in [0.29, 0.717) is 24.5 Å². The molecule has 10 nitrogen and oxygen atoms in total. The number of nitrogen functional groups attached to an aromatic ring is 1. The molecule has 0 unspecified atom stereocenters. The predicted molar refractivity (Wildman–Crippen MR) is 108 cm³/mol. The Hall–Kier alpha value is -3.31. The largest absolute Gasteiger partial charge is 0.383 e. The van der Waals surface area contributed by atoms with E-state index in [1.54, 1.807) is 18.6 Å². The summed E-state index contributed by atoms with van der Waals surface area (Å²) in [5.41, 5.74) is 10.1. The molecule has 1 aliphatic heterocycles. The number of pyridine rings is 2. The van der Waals surface area contributed by atoms with Crippen LogP contribution in [0, 0.1) is 0 Å². The van der Waals surface area contributed by atoms with Gasteiger partial charge in [0.2, 0.25) is 5.13 Å². The molecule has 0 amide bonds. The number of nitrogens with zero attached hydrogens (tertiary/aromatic N) is 6. The van der Waals surface area contributed by atoms with Gasteiger partial charge in [-0.15, -0.1) is 10.2 Å². The van der Waals surface area contributed by atoms with Gasteiger partial charge in [-0.25, -0.2) is 4.98 Å². The van der Waals surface area contributed by atoms with Crippen molar-refractivity contribution in [1.82, 2.24) is 30.4 Å². The van der Waals surface area contributed by atoms with Crippen molar-refractivity contribution >= 4 is 44.7 Å². The Morgan fingerprint density at radius 2 is 2.00 bits per heavy atom. The average Bonchev–Trinajstić information content (AvgIpc) is 3.40. The third-order valence-corrected chi connectivity index (χ3v) is 5.43. The van der Waals surface area contributed by atoms with E-state index in [1.807, 2.05) is 12.1 Å². The van der Waals surface area contributed by atoms with Crippen LogP contribution >= 0.6 is 11.3 Å². The van der Waals surface area contributed by atoms with Crippen molar-refractivity contribution in [3.8, 4) is 10.6 Å². The van der Waals surface area contributed by atoms with E-state index < -0.39 is 0 Å². The fourth-order valence-corrected chi connectivity index (χ4v) is 3.92. The van der Waals surface area contributed by atoms with Crippen LogP contribution in [0.3, 0.4) is 0 Å². The molecule has 1 saturated heterocycles. The number of H-pyrrole nitrogens is 1. The topological polar surface area (TPSA) is 131 Å². The molecule has 5 heterocycles. The lowest BCUT2D eigenvalue weighted by Gasteiger charge is -2.25. The number of aromatic amines is 1. The molecule has 4 aromatic heterocycles. The summed E-state index contributed by atoms with van der Waals surface area (Å²) in [4.78, 5) is 11.2. The molecule has 0 bridgehead atoms. The van der Waals surface area contributed by atoms with Crippen LogP contribution in [0.25, 0.3) is 21.6 Å². The highest BCUT2D eigenvalue weighted by Crippen LogP contribution is 2.33. The highest BCUT2D eigenvalue weighted by Gasteiger charge is 2.18. The van der Waals surface area contributed by atoms with Gasteiger partial charge in [0.15, 0.2) is 5.01 Å². The molecule has 0 spiro atoms.